The minimum atomic E-state index is -0.252. The zero-order chi connectivity index (χ0) is 8.28. The normalized spacial score (nSPS) is 30.0. The fourth-order valence-corrected chi connectivity index (χ4v) is 1.79. The molecule has 3 heteroatoms. The van der Waals surface area contributed by atoms with E-state index in [9.17, 15) is 0 Å². The molecule has 69 valence electrons. The average molecular weight is 170 g/mol. The predicted octanol–water partition coefficient (Wildman–Crippen LogP) is 0.908. The third-order valence-electron chi connectivity index (χ3n) is 2.57. The number of rotatable bonds is 0. The van der Waals surface area contributed by atoms with Crippen molar-refractivity contribution in [2.45, 2.75) is 31.5 Å². The molecule has 0 amide bonds. The minimum absolute atomic E-state index is 0.252. The molecule has 0 saturated carbocycles. The molecule has 2 aliphatic heterocycles. The Morgan fingerprint density at radius 2 is 1.50 bits per heavy atom. The van der Waals surface area contributed by atoms with Crippen LogP contribution in [0.15, 0.2) is 0 Å². The van der Waals surface area contributed by atoms with Gasteiger partial charge < -0.3 is 9.47 Å². The highest BCUT2D eigenvalue weighted by Crippen LogP contribution is 2.27. The first-order valence-electron chi connectivity index (χ1n) is 4.83. The lowest BCUT2D eigenvalue weighted by atomic mass is 10.1. The highest BCUT2D eigenvalue weighted by Gasteiger charge is 2.35. The third-order valence-corrected chi connectivity index (χ3v) is 2.57. The van der Waals surface area contributed by atoms with E-state index in [1.807, 2.05) is 0 Å². The van der Waals surface area contributed by atoms with Crippen LogP contribution < -0.4 is 5.32 Å². The van der Waals surface area contributed by atoms with E-state index < -0.39 is 0 Å². The van der Waals surface area contributed by atoms with Crippen LogP contribution in [0, 0.1) is 0 Å². The lowest BCUT2D eigenvalue weighted by Crippen LogP contribution is -2.43. The summed E-state index contributed by atoms with van der Waals surface area (Å²) in [6.07, 6.45) is 4.18. The van der Waals surface area contributed by atoms with E-state index in [1.165, 1.54) is 0 Å². The summed E-state index contributed by atoms with van der Waals surface area (Å²) in [5.74, 6) is -0.252. The fraction of sp³-hybridized carbons (Fsp3) is 1.00. The van der Waals surface area contributed by atoms with E-state index >= 15 is 0 Å². The van der Waals surface area contributed by atoms with Crippen LogP contribution in [-0.2, 0) is 9.47 Å². The Bertz CT molecular complexity index is 133. The molecule has 12 heavy (non-hydrogen) atoms. The lowest BCUT2D eigenvalue weighted by molar-refractivity contribution is -0.237. The SMILES string of the molecule is C1CCOC2(CC[N]CC2)OC1. The summed E-state index contributed by atoms with van der Waals surface area (Å²) >= 11 is 0. The number of hydrogen-bond acceptors (Lipinski definition) is 2. The Kier molecular flexibility index (Phi) is 2.63. The molecule has 0 aromatic rings. The predicted molar refractivity (Wildman–Crippen MR) is 45.0 cm³/mol. The molecule has 2 fully saturated rings. The molecule has 1 spiro atoms. The molecule has 3 nitrogen and oxygen atoms in total. The van der Waals surface area contributed by atoms with Crippen LogP contribution in [0.5, 0.6) is 0 Å². The first-order valence-corrected chi connectivity index (χ1v) is 4.83. The van der Waals surface area contributed by atoms with Crippen molar-refractivity contribution in [1.82, 2.24) is 5.32 Å². The topological polar surface area (TPSA) is 32.6 Å². The van der Waals surface area contributed by atoms with E-state index in [0.717, 1.165) is 52.0 Å². The second-order valence-corrected chi connectivity index (χ2v) is 3.49. The second kappa shape index (κ2) is 3.73. The Balaban J connectivity index is 1.95. The molecule has 2 rings (SSSR count). The van der Waals surface area contributed by atoms with Gasteiger partial charge in [-0.05, 0) is 12.8 Å². The first-order chi connectivity index (χ1) is 5.91. The number of ether oxygens (including phenoxy) is 2. The van der Waals surface area contributed by atoms with Crippen molar-refractivity contribution >= 4 is 0 Å². The summed E-state index contributed by atoms with van der Waals surface area (Å²) in [7, 11) is 0. The molecule has 0 N–H and O–H groups in total. The zero-order valence-electron chi connectivity index (χ0n) is 7.42. The van der Waals surface area contributed by atoms with Crippen molar-refractivity contribution in [3.8, 4) is 0 Å². The maximum Gasteiger partial charge on any atom is 0.170 e. The molecular formula is C9H16NO2. The maximum atomic E-state index is 5.75. The Morgan fingerprint density at radius 1 is 0.917 bits per heavy atom. The quantitative estimate of drug-likeness (QED) is 0.541. The highest BCUT2D eigenvalue weighted by atomic mass is 16.7. The van der Waals surface area contributed by atoms with E-state index in [4.69, 9.17) is 9.47 Å². The molecule has 2 heterocycles. The van der Waals surface area contributed by atoms with Gasteiger partial charge in [0.1, 0.15) is 0 Å². The summed E-state index contributed by atoms with van der Waals surface area (Å²) in [5, 5.41) is 4.30. The summed E-state index contributed by atoms with van der Waals surface area (Å²) < 4.78 is 11.5. The van der Waals surface area contributed by atoms with E-state index in [1.54, 1.807) is 0 Å². The van der Waals surface area contributed by atoms with Crippen LogP contribution in [0.2, 0.25) is 0 Å². The molecule has 0 atom stereocenters. The van der Waals surface area contributed by atoms with Gasteiger partial charge in [0, 0.05) is 25.9 Å². The maximum absolute atomic E-state index is 5.75. The molecular weight excluding hydrogens is 154 g/mol. The van der Waals surface area contributed by atoms with Crippen LogP contribution in [0.25, 0.3) is 0 Å². The van der Waals surface area contributed by atoms with E-state index in [0.29, 0.717) is 0 Å². The van der Waals surface area contributed by atoms with Crippen LogP contribution >= 0.6 is 0 Å². The summed E-state index contributed by atoms with van der Waals surface area (Å²) in [6, 6.07) is 0. The average Bonchev–Trinajstić information content (AvgIpc) is 2.33. The van der Waals surface area contributed by atoms with Crippen molar-refractivity contribution < 1.29 is 9.47 Å². The van der Waals surface area contributed by atoms with E-state index in [-0.39, 0.29) is 5.79 Å². The van der Waals surface area contributed by atoms with Gasteiger partial charge in [0.15, 0.2) is 5.79 Å². The molecule has 0 bridgehead atoms. The lowest BCUT2D eigenvalue weighted by Gasteiger charge is -2.35. The monoisotopic (exact) mass is 170 g/mol. The number of hydrogen-bond donors (Lipinski definition) is 0. The first kappa shape index (κ1) is 8.48. The zero-order valence-corrected chi connectivity index (χ0v) is 7.42. The van der Waals surface area contributed by atoms with Crippen LogP contribution in [0.4, 0.5) is 0 Å². The molecule has 0 aromatic heterocycles. The van der Waals surface area contributed by atoms with Crippen molar-refractivity contribution in [2.24, 2.45) is 0 Å². The Morgan fingerprint density at radius 3 is 2.08 bits per heavy atom. The molecule has 0 unspecified atom stereocenters. The van der Waals surface area contributed by atoms with Gasteiger partial charge >= 0.3 is 0 Å². The van der Waals surface area contributed by atoms with Crippen LogP contribution in [0.3, 0.4) is 0 Å². The summed E-state index contributed by atoms with van der Waals surface area (Å²) in [4.78, 5) is 0. The fourth-order valence-electron chi connectivity index (χ4n) is 1.79. The largest absolute Gasteiger partial charge is 0.350 e. The van der Waals surface area contributed by atoms with Gasteiger partial charge in [-0.1, -0.05) is 0 Å². The number of piperidine rings is 1. The smallest absolute Gasteiger partial charge is 0.170 e. The van der Waals surface area contributed by atoms with Gasteiger partial charge in [-0.2, -0.15) is 0 Å². The van der Waals surface area contributed by atoms with Crippen molar-refractivity contribution in [3.63, 3.8) is 0 Å². The molecule has 2 aliphatic rings. The molecule has 2 saturated heterocycles. The van der Waals surface area contributed by atoms with Crippen LogP contribution in [0.1, 0.15) is 25.7 Å². The third kappa shape index (κ3) is 1.79. The van der Waals surface area contributed by atoms with Gasteiger partial charge in [-0.15, -0.1) is 0 Å². The van der Waals surface area contributed by atoms with Gasteiger partial charge in [0.05, 0.1) is 13.2 Å². The summed E-state index contributed by atoms with van der Waals surface area (Å²) in [6.45, 7) is 3.53. The minimum Gasteiger partial charge on any atom is -0.350 e. The van der Waals surface area contributed by atoms with Crippen molar-refractivity contribution in [1.29, 1.82) is 0 Å². The van der Waals surface area contributed by atoms with Crippen LogP contribution in [-0.4, -0.2) is 32.1 Å². The van der Waals surface area contributed by atoms with Gasteiger partial charge in [0.25, 0.3) is 0 Å². The summed E-state index contributed by atoms with van der Waals surface area (Å²) in [5.41, 5.74) is 0. The number of nitrogens with zero attached hydrogens (tertiary/aromatic N) is 1. The van der Waals surface area contributed by atoms with Gasteiger partial charge in [-0.25, -0.2) is 5.32 Å². The van der Waals surface area contributed by atoms with E-state index in [2.05, 4.69) is 5.32 Å². The van der Waals surface area contributed by atoms with Crippen molar-refractivity contribution in [3.05, 3.63) is 0 Å². The Hall–Kier alpha value is -0.120. The molecule has 0 aromatic carbocycles. The Labute approximate surface area is 73.4 Å². The second-order valence-electron chi connectivity index (χ2n) is 3.49. The van der Waals surface area contributed by atoms with Gasteiger partial charge in [0.2, 0.25) is 0 Å². The molecule has 0 aliphatic carbocycles. The van der Waals surface area contributed by atoms with Crippen molar-refractivity contribution in [2.75, 3.05) is 26.3 Å². The highest BCUT2D eigenvalue weighted by molar-refractivity contribution is 4.78. The standard InChI is InChI=1S/C9H16NO2/c1-2-8-12-9(11-7-1)3-5-10-6-4-9/h1-8H2. The molecule has 1 radical (unpaired) electrons. The van der Waals surface area contributed by atoms with Gasteiger partial charge in [-0.3, -0.25) is 0 Å².